The van der Waals surface area contributed by atoms with Crippen LogP contribution in [0.25, 0.3) is 6.08 Å². The summed E-state index contributed by atoms with van der Waals surface area (Å²) < 4.78 is 12.0. The van der Waals surface area contributed by atoms with Gasteiger partial charge in [0.25, 0.3) is 5.91 Å². The Balaban J connectivity index is 1.85. The fourth-order valence-electron chi connectivity index (χ4n) is 2.74. The zero-order chi connectivity index (χ0) is 21.1. The number of imide groups is 1. The van der Waals surface area contributed by atoms with Gasteiger partial charge in [0, 0.05) is 26.6 Å². The van der Waals surface area contributed by atoms with Crippen molar-refractivity contribution in [1.29, 1.82) is 0 Å². The SMILES string of the molecule is CCN1C(=O)N/C(=C/c2cc(OC)c(OCc3ccc(Cl)cc3Cl)cc2Br)C1=O. The van der Waals surface area contributed by atoms with Crippen LogP contribution in [0.2, 0.25) is 10.0 Å². The summed E-state index contributed by atoms with van der Waals surface area (Å²) in [6.45, 7) is 2.25. The summed E-state index contributed by atoms with van der Waals surface area (Å²) in [6, 6.07) is 8.18. The molecule has 152 valence electrons. The molecule has 1 saturated heterocycles. The van der Waals surface area contributed by atoms with Crippen molar-refractivity contribution in [2.75, 3.05) is 13.7 Å². The lowest BCUT2D eigenvalue weighted by atomic mass is 10.1. The lowest BCUT2D eigenvalue weighted by molar-refractivity contribution is -0.122. The molecule has 0 saturated carbocycles. The maximum atomic E-state index is 12.3. The Kier molecular flexibility index (Phi) is 6.72. The Bertz CT molecular complexity index is 1010. The molecule has 1 N–H and O–H groups in total. The first-order valence-electron chi connectivity index (χ1n) is 8.62. The van der Waals surface area contributed by atoms with E-state index in [0.29, 0.717) is 38.1 Å². The number of nitrogens with zero attached hydrogens (tertiary/aromatic N) is 1. The van der Waals surface area contributed by atoms with E-state index in [9.17, 15) is 9.59 Å². The van der Waals surface area contributed by atoms with Gasteiger partial charge < -0.3 is 14.8 Å². The number of methoxy groups -OCH3 is 1. The summed E-state index contributed by atoms with van der Waals surface area (Å²) >= 11 is 15.6. The summed E-state index contributed by atoms with van der Waals surface area (Å²) in [5.41, 5.74) is 1.63. The number of rotatable bonds is 6. The fourth-order valence-corrected chi connectivity index (χ4v) is 3.64. The summed E-state index contributed by atoms with van der Waals surface area (Å²) in [7, 11) is 1.52. The molecule has 2 aromatic carbocycles. The lowest BCUT2D eigenvalue weighted by Gasteiger charge is -2.14. The molecule has 0 atom stereocenters. The van der Waals surface area contributed by atoms with Crippen LogP contribution in [0.15, 0.2) is 40.5 Å². The Morgan fingerprint density at radius 1 is 1.17 bits per heavy atom. The highest BCUT2D eigenvalue weighted by molar-refractivity contribution is 9.10. The number of halogens is 3. The van der Waals surface area contributed by atoms with Crippen molar-refractivity contribution in [3.05, 3.63) is 61.7 Å². The first-order chi connectivity index (χ1) is 13.8. The third-order valence-corrected chi connectivity index (χ3v) is 5.53. The third-order valence-electron chi connectivity index (χ3n) is 4.26. The van der Waals surface area contributed by atoms with Crippen molar-refractivity contribution in [2.45, 2.75) is 13.5 Å². The van der Waals surface area contributed by atoms with E-state index in [1.807, 2.05) is 0 Å². The van der Waals surface area contributed by atoms with E-state index in [4.69, 9.17) is 32.7 Å². The monoisotopic (exact) mass is 498 g/mol. The predicted molar refractivity (Wildman–Crippen MR) is 115 cm³/mol. The summed E-state index contributed by atoms with van der Waals surface area (Å²) in [6.07, 6.45) is 1.59. The molecule has 3 amide bonds. The molecule has 1 aliphatic rings. The second-order valence-corrected chi connectivity index (χ2v) is 7.78. The van der Waals surface area contributed by atoms with Crippen LogP contribution >= 0.6 is 39.1 Å². The van der Waals surface area contributed by atoms with Crippen LogP contribution in [0, 0.1) is 0 Å². The van der Waals surface area contributed by atoms with Gasteiger partial charge >= 0.3 is 6.03 Å². The average Bonchev–Trinajstić information content (AvgIpc) is 2.95. The number of hydrogen-bond donors (Lipinski definition) is 1. The number of ether oxygens (including phenoxy) is 2. The quantitative estimate of drug-likeness (QED) is 0.435. The molecule has 0 radical (unpaired) electrons. The molecule has 1 aliphatic heterocycles. The van der Waals surface area contributed by atoms with Gasteiger partial charge in [0.15, 0.2) is 11.5 Å². The van der Waals surface area contributed by atoms with Crippen LogP contribution in [0.3, 0.4) is 0 Å². The van der Waals surface area contributed by atoms with Crippen molar-refractivity contribution in [1.82, 2.24) is 10.2 Å². The minimum Gasteiger partial charge on any atom is -0.493 e. The molecule has 2 aromatic rings. The molecule has 1 heterocycles. The summed E-state index contributed by atoms with van der Waals surface area (Å²) in [4.78, 5) is 25.2. The van der Waals surface area contributed by atoms with Gasteiger partial charge in [-0.25, -0.2) is 4.79 Å². The third kappa shape index (κ3) is 4.69. The molecular weight excluding hydrogens is 483 g/mol. The zero-order valence-corrected chi connectivity index (χ0v) is 18.7. The van der Waals surface area contributed by atoms with Crippen LogP contribution in [0.5, 0.6) is 11.5 Å². The van der Waals surface area contributed by atoms with Crippen molar-refractivity contribution >= 4 is 57.1 Å². The van der Waals surface area contributed by atoms with Crippen LogP contribution in [-0.4, -0.2) is 30.5 Å². The van der Waals surface area contributed by atoms with E-state index in [0.717, 1.165) is 10.5 Å². The molecule has 29 heavy (non-hydrogen) atoms. The molecule has 0 aromatic heterocycles. The molecule has 0 unspecified atom stereocenters. The molecular formula is C20H17BrCl2N2O4. The van der Waals surface area contributed by atoms with Gasteiger partial charge in [0.2, 0.25) is 0 Å². The second-order valence-electron chi connectivity index (χ2n) is 6.09. The van der Waals surface area contributed by atoms with Gasteiger partial charge in [0.05, 0.1) is 7.11 Å². The number of urea groups is 1. The highest BCUT2D eigenvalue weighted by atomic mass is 79.9. The number of carbonyl (C=O) groups excluding carboxylic acids is 2. The number of hydrogen-bond acceptors (Lipinski definition) is 4. The summed E-state index contributed by atoms with van der Waals surface area (Å²) in [5.74, 6) is 0.583. The van der Waals surface area contributed by atoms with E-state index < -0.39 is 6.03 Å². The number of nitrogens with one attached hydrogen (secondary N) is 1. The van der Waals surface area contributed by atoms with Gasteiger partial charge in [-0.1, -0.05) is 45.2 Å². The second kappa shape index (κ2) is 9.07. The molecule has 0 bridgehead atoms. The molecule has 3 rings (SSSR count). The predicted octanol–water partition coefficient (Wildman–Crippen LogP) is 5.26. The van der Waals surface area contributed by atoms with E-state index in [2.05, 4.69) is 21.2 Å². The molecule has 0 aliphatic carbocycles. The Morgan fingerprint density at radius 3 is 2.55 bits per heavy atom. The average molecular weight is 500 g/mol. The number of amides is 3. The normalized spacial score (nSPS) is 15.1. The van der Waals surface area contributed by atoms with E-state index in [-0.39, 0.29) is 18.2 Å². The Labute approximate surface area is 186 Å². The smallest absolute Gasteiger partial charge is 0.328 e. The lowest BCUT2D eigenvalue weighted by Crippen LogP contribution is -2.30. The molecule has 9 heteroatoms. The number of benzene rings is 2. The maximum Gasteiger partial charge on any atom is 0.328 e. The van der Waals surface area contributed by atoms with E-state index in [1.54, 1.807) is 43.3 Å². The maximum absolute atomic E-state index is 12.3. The van der Waals surface area contributed by atoms with Crippen LogP contribution in [-0.2, 0) is 11.4 Å². The highest BCUT2D eigenvalue weighted by Gasteiger charge is 2.32. The van der Waals surface area contributed by atoms with Crippen molar-refractivity contribution < 1.29 is 19.1 Å². The van der Waals surface area contributed by atoms with E-state index in [1.165, 1.54) is 7.11 Å². The molecule has 1 fully saturated rings. The minimum absolute atomic E-state index is 0.196. The molecule has 0 spiro atoms. The topological polar surface area (TPSA) is 67.9 Å². The van der Waals surface area contributed by atoms with Gasteiger partial charge in [-0.3, -0.25) is 9.69 Å². The van der Waals surface area contributed by atoms with Gasteiger partial charge in [-0.05, 0) is 42.8 Å². The van der Waals surface area contributed by atoms with E-state index >= 15 is 0 Å². The first kappa shape index (κ1) is 21.5. The Morgan fingerprint density at radius 2 is 1.93 bits per heavy atom. The van der Waals surface area contributed by atoms with Crippen molar-refractivity contribution in [3.8, 4) is 11.5 Å². The van der Waals surface area contributed by atoms with Crippen LogP contribution in [0.1, 0.15) is 18.1 Å². The van der Waals surface area contributed by atoms with Gasteiger partial charge in [0.1, 0.15) is 12.3 Å². The largest absolute Gasteiger partial charge is 0.493 e. The highest BCUT2D eigenvalue weighted by Crippen LogP contribution is 2.36. The van der Waals surface area contributed by atoms with Gasteiger partial charge in [-0.15, -0.1) is 0 Å². The fraction of sp³-hybridized carbons (Fsp3) is 0.200. The van der Waals surface area contributed by atoms with Crippen LogP contribution < -0.4 is 14.8 Å². The first-order valence-corrected chi connectivity index (χ1v) is 10.2. The zero-order valence-electron chi connectivity index (χ0n) is 15.6. The van der Waals surface area contributed by atoms with Gasteiger partial charge in [-0.2, -0.15) is 0 Å². The number of carbonyl (C=O) groups is 2. The summed E-state index contributed by atoms with van der Waals surface area (Å²) in [5, 5.41) is 3.63. The van der Waals surface area contributed by atoms with Crippen molar-refractivity contribution in [2.24, 2.45) is 0 Å². The Hall–Kier alpha value is -2.22. The molecule has 6 nitrogen and oxygen atoms in total. The number of likely N-dealkylation sites (N-methyl/N-ethyl adjacent to an activating group) is 1. The standard InChI is InChI=1S/C20H17BrCl2N2O4/c1-3-25-19(26)16(24-20(25)27)6-12-7-17(28-2)18(9-14(12)21)29-10-11-4-5-13(22)8-15(11)23/h4-9H,3,10H2,1-2H3,(H,24,27)/b16-6+. The van der Waals surface area contributed by atoms with Crippen LogP contribution in [0.4, 0.5) is 4.79 Å². The minimum atomic E-state index is -0.438. The van der Waals surface area contributed by atoms with Crippen molar-refractivity contribution in [3.63, 3.8) is 0 Å².